The molecule has 0 unspecified atom stereocenters. The number of nitrogens with zero attached hydrogens (tertiary/aromatic N) is 6. The highest BCUT2D eigenvalue weighted by Crippen LogP contribution is 2.27. The summed E-state index contributed by atoms with van der Waals surface area (Å²) in [7, 11) is 1.56. The standard InChI is InChI=1S/C23H25ClN6O3/c1-13-18(9-25)21(14(2)33-5)16(11-26-13)8-17(31)6-15-7-19(24)22(27-10-15)30-28-12-20(29-30)23(3,4)32/h7,10-12,14,32H,6,8H2,1-5H3/t14-/m0/s1. The zero-order valence-electron chi connectivity index (χ0n) is 19.1. The highest BCUT2D eigenvalue weighted by Gasteiger charge is 2.22. The molecule has 1 atom stereocenters. The fraction of sp³-hybridized carbons (Fsp3) is 0.391. The summed E-state index contributed by atoms with van der Waals surface area (Å²) in [6.07, 6.45) is 4.45. The quantitative estimate of drug-likeness (QED) is 0.534. The largest absolute Gasteiger partial charge is 0.384 e. The van der Waals surface area contributed by atoms with Crippen molar-refractivity contribution in [2.24, 2.45) is 0 Å². The van der Waals surface area contributed by atoms with Gasteiger partial charge in [0.1, 0.15) is 23.1 Å². The fourth-order valence-corrected chi connectivity index (χ4v) is 3.66. The van der Waals surface area contributed by atoms with Crippen LogP contribution in [0.4, 0.5) is 0 Å². The van der Waals surface area contributed by atoms with Crippen molar-refractivity contribution in [1.82, 2.24) is 25.0 Å². The van der Waals surface area contributed by atoms with Gasteiger partial charge in [-0.05, 0) is 44.9 Å². The van der Waals surface area contributed by atoms with Crippen LogP contribution in [-0.4, -0.2) is 43.0 Å². The van der Waals surface area contributed by atoms with Crippen LogP contribution in [0, 0.1) is 18.3 Å². The molecule has 0 amide bonds. The van der Waals surface area contributed by atoms with Crippen LogP contribution in [-0.2, 0) is 28.0 Å². The Kier molecular flexibility index (Phi) is 7.22. The second-order valence-electron chi connectivity index (χ2n) is 8.27. The van der Waals surface area contributed by atoms with E-state index < -0.39 is 5.60 Å². The van der Waals surface area contributed by atoms with Crippen LogP contribution in [0.3, 0.4) is 0 Å². The normalized spacial score (nSPS) is 12.4. The number of hydrogen-bond donors (Lipinski definition) is 1. The second kappa shape index (κ2) is 9.75. The van der Waals surface area contributed by atoms with Crippen molar-refractivity contribution < 1.29 is 14.6 Å². The first-order valence-electron chi connectivity index (χ1n) is 10.3. The molecular formula is C23H25ClN6O3. The Labute approximate surface area is 197 Å². The number of rotatable bonds is 8. The summed E-state index contributed by atoms with van der Waals surface area (Å²) >= 11 is 6.37. The number of ketones is 1. The average Bonchev–Trinajstić information content (AvgIpc) is 3.24. The number of hydrogen-bond acceptors (Lipinski definition) is 8. The summed E-state index contributed by atoms with van der Waals surface area (Å²) in [4.78, 5) is 22.6. The molecule has 33 heavy (non-hydrogen) atoms. The first-order chi connectivity index (χ1) is 15.5. The molecule has 0 saturated carbocycles. The van der Waals surface area contributed by atoms with Gasteiger partial charge < -0.3 is 9.84 Å². The maximum atomic E-state index is 12.8. The molecule has 0 bridgehead atoms. The minimum atomic E-state index is -1.15. The van der Waals surface area contributed by atoms with Gasteiger partial charge in [-0.3, -0.25) is 9.78 Å². The lowest BCUT2D eigenvalue weighted by Crippen LogP contribution is -2.17. The highest BCUT2D eigenvalue weighted by atomic mass is 35.5. The number of aliphatic hydroxyl groups is 1. The number of pyridine rings is 2. The van der Waals surface area contributed by atoms with Crippen molar-refractivity contribution in [2.45, 2.75) is 52.2 Å². The van der Waals surface area contributed by atoms with Gasteiger partial charge in [-0.15, -0.1) is 9.90 Å². The average molecular weight is 469 g/mol. The van der Waals surface area contributed by atoms with Crippen LogP contribution in [0.15, 0.2) is 24.7 Å². The number of carbonyl (C=O) groups is 1. The van der Waals surface area contributed by atoms with Crippen molar-refractivity contribution in [2.75, 3.05) is 7.11 Å². The Bertz CT molecular complexity index is 1230. The van der Waals surface area contributed by atoms with Gasteiger partial charge in [0.25, 0.3) is 0 Å². The van der Waals surface area contributed by atoms with Gasteiger partial charge in [0, 0.05) is 37.9 Å². The summed E-state index contributed by atoms with van der Waals surface area (Å²) in [6.45, 7) is 6.79. The molecule has 0 aliphatic rings. The summed E-state index contributed by atoms with van der Waals surface area (Å²) < 4.78 is 5.42. The monoisotopic (exact) mass is 468 g/mol. The van der Waals surface area contributed by atoms with Gasteiger partial charge in [-0.1, -0.05) is 11.6 Å². The lowest BCUT2D eigenvalue weighted by atomic mass is 9.94. The van der Waals surface area contributed by atoms with Crippen molar-refractivity contribution >= 4 is 17.4 Å². The number of ether oxygens (including phenoxy) is 1. The van der Waals surface area contributed by atoms with E-state index >= 15 is 0 Å². The summed E-state index contributed by atoms with van der Waals surface area (Å²) in [5.74, 6) is 0.210. The van der Waals surface area contributed by atoms with E-state index in [0.717, 1.165) is 0 Å². The third-order valence-corrected chi connectivity index (χ3v) is 5.52. The van der Waals surface area contributed by atoms with Crippen LogP contribution < -0.4 is 0 Å². The number of nitriles is 1. The highest BCUT2D eigenvalue weighted by molar-refractivity contribution is 6.32. The number of methoxy groups -OCH3 is 1. The SMILES string of the molecule is CO[C@@H](C)c1c(CC(=O)Cc2cnc(-n3ncc(C(C)(C)O)n3)c(Cl)c2)cnc(C)c1C#N. The van der Waals surface area contributed by atoms with Crippen LogP contribution in [0.25, 0.3) is 5.82 Å². The van der Waals surface area contributed by atoms with E-state index in [1.807, 2.05) is 6.92 Å². The Hall–Kier alpha value is -3.19. The van der Waals surface area contributed by atoms with Gasteiger partial charge in [-0.25, -0.2) is 4.98 Å². The number of carbonyl (C=O) groups excluding carboxylic acids is 1. The number of halogens is 1. The van der Waals surface area contributed by atoms with E-state index in [2.05, 4.69) is 26.2 Å². The molecule has 3 aromatic heterocycles. The van der Waals surface area contributed by atoms with Crippen molar-refractivity contribution in [3.8, 4) is 11.9 Å². The molecule has 3 heterocycles. The number of aromatic nitrogens is 5. The molecule has 0 fully saturated rings. The molecule has 0 aliphatic carbocycles. The Morgan fingerprint density at radius 2 is 2.03 bits per heavy atom. The van der Waals surface area contributed by atoms with E-state index in [0.29, 0.717) is 39.5 Å². The van der Waals surface area contributed by atoms with E-state index in [1.54, 1.807) is 46.3 Å². The molecule has 172 valence electrons. The third kappa shape index (κ3) is 5.42. The van der Waals surface area contributed by atoms with Crippen LogP contribution in [0.5, 0.6) is 0 Å². The molecular weight excluding hydrogens is 444 g/mol. The van der Waals surface area contributed by atoms with Crippen LogP contribution in [0.1, 0.15) is 60.5 Å². The zero-order chi connectivity index (χ0) is 24.3. The molecule has 0 spiro atoms. The maximum absolute atomic E-state index is 12.8. The number of Topliss-reactive ketones (excluding diaryl/α,β-unsaturated/α-hetero) is 1. The van der Waals surface area contributed by atoms with Gasteiger partial charge in [0.15, 0.2) is 5.82 Å². The summed E-state index contributed by atoms with van der Waals surface area (Å²) in [6, 6.07) is 3.81. The van der Waals surface area contributed by atoms with Crippen LogP contribution in [0.2, 0.25) is 5.02 Å². The molecule has 0 aromatic carbocycles. The number of aryl methyl sites for hydroxylation is 1. The molecule has 3 aromatic rings. The van der Waals surface area contributed by atoms with Crippen molar-refractivity contribution in [3.05, 3.63) is 63.3 Å². The Morgan fingerprint density at radius 3 is 2.61 bits per heavy atom. The minimum Gasteiger partial charge on any atom is -0.384 e. The van der Waals surface area contributed by atoms with Gasteiger partial charge in [-0.2, -0.15) is 10.4 Å². The van der Waals surface area contributed by atoms with Crippen molar-refractivity contribution in [1.29, 1.82) is 5.26 Å². The molecule has 0 radical (unpaired) electrons. The van der Waals surface area contributed by atoms with Gasteiger partial charge >= 0.3 is 0 Å². The summed E-state index contributed by atoms with van der Waals surface area (Å²) in [5, 5.41) is 28.2. The van der Waals surface area contributed by atoms with E-state index in [9.17, 15) is 15.2 Å². The van der Waals surface area contributed by atoms with Gasteiger partial charge in [0.2, 0.25) is 0 Å². The second-order valence-corrected chi connectivity index (χ2v) is 8.67. The topological polar surface area (TPSA) is 127 Å². The lowest BCUT2D eigenvalue weighted by molar-refractivity contribution is -0.117. The molecule has 0 saturated heterocycles. The zero-order valence-corrected chi connectivity index (χ0v) is 19.9. The molecule has 1 N–H and O–H groups in total. The lowest BCUT2D eigenvalue weighted by Gasteiger charge is -2.17. The van der Waals surface area contributed by atoms with Gasteiger partial charge in [0.05, 0.1) is 28.6 Å². The van der Waals surface area contributed by atoms with Crippen molar-refractivity contribution in [3.63, 3.8) is 0 Å². The van der Waals surface area contributed by atoms with E-state index in [1.165, 1.54) is 11.0 Å². The van der Waals surface area contributed by atoms with Crippen LogP contribution >= 0.6 is 11.6 Å². The maximum Gasteiger partial charge on any atom is 0.193 e. The Balaban J connectivity index is 1.80. The molecule has 0 aliphatic heterocycles. The minimum absolute atomic E-state index is 0.0822. The third-order valence-electron chi connectivity index (χ3n) is 5.24. The Morgan fingerprint density at radius 1 is 1.30 bits per heavy atom. The smallest absolute Gasteiger partial charge is 0.193 e. The predicted octanol–water partition coefficient (Wildman–Crippen LogP) is 3.18. The van der Waals surface area contributed by atoms with E-state index in [4.69, 9.17) is 16.3 Å². The first kappa shape index (κ1) is 24.5. The first-order valence-corrected chi connectivity index (χ1v) is 10.7. The molecule has 10 heteroatoms. The molecule has 3 rings (SSSR count). The predicted molar refractivity (Wildman–Crippen MR) is 121 cm³/mol. The molecule has 9 nitrogen and oxygen atoms in total. The summed E-state index contributed by atoms with van der Waals surface area (Å²) in [5.41, 5.74) is 2.23. The van der Waals surface area contributed by atoms with E-state index in [-0.39, 0.29) is 29.8 Å². The fourth-order valence-electron chi connectivity index (χ4n) is 3.39.